The molecule has 0 aliphatic carbocycles. The maximum Gasteiger partial charge on any atom is 0.417 e. The molecule has 0 spiro atoms. The van der Waals surface area contributed by atoms with Gasteiger partial charge >= 0.3 is 30.1 Å². The quantitative estimate of drug-likeness (QED) is 0.0589. The van der Waals surface area contributed by atoms with Crippen LogP contribution >= 0.6 is 0 Å². The third-order valence-corrected chi connectivity index (χ3v) is 11.7. The number of esters is 4. The van der Waals surface area contributed by atoms with Gasteiger partial charge in [0.1, 0.15) is 0 Å². The molecule has 0 fully saturated rings. The number of hydrogen-bond donors (Lipinski definition) is 0. The summed E-state index contributed by atoms with van der Waals surface area (Å²) < 4.78 is 69.1. The number of carbonyl (C=O) groups is 4. The lowest BCUT2D eigenvalue weighted by molar-refractivity contribution is -0.137. The molecule has 338 valence electrons. The molecule has 0 N–H and O–H groups in total. The van der Waals surface area contributed by atoms with Crippen LogP contribution in [0.25, 0.3) is 11.1 Å². The van der Waals surface area contributed by atoms with Crippen LogP contribution in [-0.2, 0) is 25.1 Å². The molecule has 0 aliphatic heterocycles. The van der Waals surface area contributed by atoms with Crippen LogP contribution in [0.4, 0.5) is 13.2 Å². The Hall–Kier alpha value is -3.89. The van der Waals surface area contributed by atoms with E-state index in [0.29, 0.717) is 25.3 Å². The highest BCUT2D eigenvalue weighted by atomic mass is 19.4. The average molecular weight is 847 g/mol. The Morgan fingerprint density at radius 2 is 0.833 bits per heavy atom. The summed E-state index contributed by atoms with van der Waals surface area (Å²) in [4.78, 5) is 56.8. The molecule has 0 aromatic heterocycles. The van der Waals surface area contributed by atoms with Gasteiger partial charge in [0.05, 0.1) is 54.2 Å². The van der Waals surface area contributed by atoms with Crippen molar-refractivity contribution in [3.8, 4) is 11.1 Å². The predicted molar refractivity (Wildman–Crippen MR) is 231 cm³/mol. The van der Waals surface area contributed by atoms with Crippen molar-refractivity contribution in [2.24, 2.45) is 23.7 Å². The van der Waals surface area contributed by atoms with Crippen molar-refractivity contribution in [3.05, 3.63) is 58.1 Å². The van der Waals surface area contributed by atoms with Crippen LogP contribution in [0.3, 0.4) is 0 Å². The highest BCUT2D eigenvalue weighted by molar-refractivity contribution is 6.13. The lowest BCUT2D eigenvalue weighted by Crippen LogP contribution is -2.24. The fourth-order valence-electron chi connectivity index (χ4n) is 7.32. The molecule has 0 saturated carbocycles. The second-order valence-electron chi connectivity index (χ2n) is 16.2. The number of carbonyl (C=O) groups excluding carboxylic acids is 4. The zero-order chi connectivity index (χ0) is 44.7. The zero-order valence-corrected chi connectivity index (χ0v) is 37.7. The van der Waals surface area contributed by atoms with Crippen LogP contribution in [0, 0.1) is 23.7 Å². The number of benzene rings is 2. The first-order valence-corrected chi connectivity index (χ1v) is 22.8. The standard InChI is InChI=1S/C49H73F3O8/c1-9-17-22-34(13-5)30-57-45(53)39-27-21-26-38(42(39)47(55)59-32-36(15-7)24-19-11-3)43-41(49(50,51)52)29-28-40(46(54)58-31-35(14-6)23-18-10-2)44(43)48(56)60-33-37(16-8)25-20-12-4/h21,26-29,34-37H,9-20,22-25,30-33H2,1-8H3. The van der Waals surface area contributed by atoms with Gasteiger partial charge in [0.15, 0.2) is 0 Å². The van der Waals surface area contributed by atoms with Gasteiger partial charge in [-0.05, 0) is 73.1 Å². The summed E-state index contributed by atoms with van der Waals surface area (Å²) >= 11 is 0. The number of rotatable bonds is 29. The average Bonchev–Trinajstić information content (AvgIpc) is 3.25. The van der Waals surface area contributed by atoms with Crippen molar-refractivity contribution >= 4 is 23.9 Å². The molecular formula is C49H73F3O8. The SMILES string of the molecule is CCCCC(CC)COC(=O)c1cccc(-c2c(C(F)(F)F)ccc(C(=O)OCC(CC)CCCC)c2C(=O)OCC(CC)CCCC)c1C(=O)OCC(CC)CCCC. The summed E-state index contributed by atoms with van der Waals surface area (Å²) in [5.74, 6) is -4.18. The van der Waals surface area contributed by atoms with E-state index >= 15 is 13.2 Å². The predicted octanol–water partition coefficient (Wildman–Crippen LogP) is 13.9. The van der Waals surface area contributed by atoms with E-state index in [9.17, 15) is 19.2 Å². The fraction of sp³-hybridized carbons (Fsp3) is 0.673. The summed E-state index contributed by atoms with van der Waals surface area (Å²) in [7, 11) is 0. The van der Waals surface area contributed by atoms with Gasteiger partial charge in [-0.15, -0.1) is 0 Å². The van der Waals surface area contributed by atoms with Gasteiger partial charge in [-0.3, -0.25) is 0 Å². The molecule has 11 heteroatoms. The van der Waals surface area contributed by atoms with Crippen LogP contribution in [0.5, 0.6) is 0 Å². The molecule has 0 bridgehead atoms. The van der Waals surface area contributed by atoms with Crippen molar-refractivity contribution in [2.75, 3.05) is 26.4 Å². The minimum Gasteiger partial charge on any atom is -0.462 e. The summed E-state index contributed by atoms with van der Waals surface area (Å²) in [5.41, 5.74) is -4.39. The van der Waals surface area contributed by atoms with Gasteiger partial charge in [0.2, 0.25) is 0 Å². The third kappa shape index (κ3) is 16.2. The summed E-state index contributed by atoms with van der Waals surface area (Å²) in [6, 6.07) is 5.54. The minimum absolute atomic E-state index is 0.00163. The number of ether oxygens (including phenoxy) is 4. The van der Waals surface area contributed by atoms with E-state index in [-0.39, 0.29) is 55.7 Å². The Morgan fingerprint density at radius 1 is 0.483 bits per heavy atom. The molecule has 2 rings (SSSR count). The van der Waals surface area contributed by atoms with E-state index in [1.54, 1.807) is 0 Å². The van der Waals surface area contributed by atoms with E-state index in [1.165, 1.54) is 18.2 Å². The largest absolute Gasteiger partial charge is 0.462 e. The second-order valence-corrected chi connectivity index (χ2v) is 16.2. The molecule has 2 aromatic carbocycles. The first-order chi connectivity index (χ1) is 28.8. The monoisotopic (exact) mass is 847 g/mol. The highest BCUT2D eigenvalue weighted by Gasteiger charge is 2.40. The Labute approximate surface area is 358 Å². The van der Waals surface area contributed by atoms with Gasteiger partial charge in [-0.25, -0.2) is 19.2 Å². The molecule has 4 unspecified atom stereocenters. The lowest BCUT2D eigenvalue weighted by atomic mass is 9.86. The van der Waals surface area contributed by atoms with E-state index in [0.717, 1.165) is 89.5 Å². The molecular weight excluding hydrogens is 774 g/mol. The number of hydrogen-bond acceptors (Lipinski definition) is 8. The maximum absolute atomic E-state index is 15.3. The summed E-state index contributed by atoms with van der Waals surface area (Å²) in [5, 5.41) is 0. The molecule has 0 heterocycles. The van der Waals surface area contributed by atoms with Gasteiger partial charge in [0, 0.05) is 5.56 Å². The number of unbranched alkanes of at least 4 members (excludes halogenated alkanes) is 4. The lowest BCUT2D eigenvalue weighted by Gasteiger charge is -2.23. The normalized spacial score (nSPS) is 13.6. The Balaban J connectivity index is 3.00. The van der Waals surface area contributed by atoms with Crippen molar-refractivity contribution in [1.29, 1.82) is 0 Å². The first kappa shape index (κ1) is 52.2. The van der Waals surface area contributed by atoms with E-state index in [2.05, 4.69) is 13.8 Å². The van der Waals surface area contributed by atoms with Crippen LogP contribution < -0.4 is 0 Å². The van der Waals surface area contributed by atoms with E-state index < -0.39 is 63.4 Å². The Bertz CT molecular complexity index is 1620. The zero-order valence-electron chi connectivity index (χ0n) is 37.7. The van der Waals surface area contributed by atoms with Gasteiger partial charge in [-0.1, -0.05) is 145 Å². The molecule has 0 saturated heterocycles. The molecule has 0 aliphatic rings. The minimum atomic E-state index is -5.08. The highest BCUT2D eigenvalue weighted by Crippen LogP contribution is 2.43. The number of halogens is 3. The molecule has 0 amide bonds. The van der Waals surface area contributed by atoms with Crippen molar-refractivity contribution < 1.29 is 51.3 Å². The van der Waals surface area contributed by atoms with Crippen LogP contribution in [0.15, 0.2) is 30.3 Å². The maximum atomic E-state index is 15.3. The third-order valence-electron chi connectivity index (χ3n) is 11.7. The summed E-state index contributed by atoms with van der Waals surface area (Å²) in [6.45, 7) is 16.0. The number of alkyl halides is 3. The van der Waals surface area contributed by atoms with Crippen LogP contribution in [0.1, 0.15) is 205 Å². The Morgan fingerprint density at radius 3 is 1.18 bits per heavy atom. The van der Waals surface area contributed by atoms with Crippen molar-refractivity contribution in [1.82, 2.24) is 0 Å². The second kappa shape index (κ2) is 27.9. The van der Waals surface area contributed by atoms with Gasteiger partial charge in [0.25, 0.3) is 0 Å². The topological polar surface area (TPSA) is 105 Å². The van der Waals surface area contributed by atoms with E-state index in [4.69, 9.17) is 18.9 Å². The Kier molecular flexibility index (Phi) is 24.3. The molecule has 60 heavy (non-hydrogen) atoms. The molecule has 0 radical (unpaired) electrons. The molecule has 4 atom stereocenters. The molecule has 2 aromatic rings. The van der Waals surface area contributed by atoms with Crippen molar-refractivity contribution in [3.63, 3.8) is 0 Å². The van der Waals surface area contributed by atoms with Gasteiger partial charge < -0.3 is 18.9 Å². The molecule has 8 nitrogen and oxygen atoms in total. The van der Waals surface area contributed by atoms with Gasteiger partial charge in [-0.2, -0.15) is 13.2 Å². The van der Waals surface area contributed by atoms with E-state index in [1.807, 2.05) is 41.5 Å². The van der Waals surface area contributed by atoms with Crippen LogP contribution in [-0.4, -0.2) is 50.3 Å². The first-order valence-electron chi connectivity index (χ1n) is 22.8. The summed E-state index contributed by atoms with van der Waals surface area (Å²) in [6.07, 6.45) is 8.09. The smallest absolute Gasteiger partial charge is 0.417 e. The van der Waals surface area contributed by atoms with Crippen LogP contribution in [0.2, 0.25) is 0 Å². The van der Waals surface area contributed by atoms with Crippen molar-refractivity contribution in [2.45, 2.75) is 164 Å². The fourth-order valence-corrected chi connectivity index (χ4v) is 7.32.